The zero-order valence-electron chi connectivity index (χ0n) is 7.00. The predicted octanol–water partition coefficient (Wildman–Crippen LogP) is 0.172. The van der Waals surface area contributed by atoms with Gasteiger partial charge in [-0.1, -0.05) is 0 Å². The van der Waals surface area contributed by atoms with Gasteiger partial charge in [0.25, 0.3) is 0 Å². The normalized spacial score (nSPS) is 26.3. The Morgan fingerprint density at radius 3 is 2.45 bits per heavy atom. The van der Waals surface area contributed by atoms with E-state index >= 15 is 0 Å². The van der Waals surface area contributed by atoms with Gasteiger partial charge in [-0.3, -0.25) is 0 Å². The summed E-state index contributed by atoms with van der Waals surface area (Å²) in [5.74, 6) is 0. The summed E-state index contributed by atoms with van der Waals surface area (Å²) in [6.07, 6.45) is 0.778. The lowest BCUT2D eigenvalue weighted by Crippen LogP contribution is -2.30. The average Bonchev–Trinajstić information content (AvgIpc) is 2.37. The number of hydrogen-bond donors (Lipinski definition) is 1. The minimum atomic E-state index is -2.84. The van der Waals surface area contributed by atoms with Gasteiger partial charge in [0.15, 0.2) is 9.84 Å². The Morgan fingerprint density at radius 2 is 2.09 bits per heavy atom. The molecule has 11 heavy (non-hydrogen) atoms. The van der Waals surface area contributed by atoms with Crippen LogP contribution in [0.4, 0.5) is 0 Å². The Labute approximate surface area is 68.1 Å². The van der Waals surface area contributed by atoms with Crippen LogP contribution in [0.15, 0.2) is 0 Å². The standard InChI is InChI=1S/C7H15NO2S/c1-6(2)11(9,10)7-3-4-8-5-7/h6-8H,3-5H2,1-2H3. The number of hydrogen-bond acceptors (Lipinski definition) is 3. The summed E-state index contributed by atoms with van der Waals surface area (Å²) in [5.41, 5.74) is 0. The fraction of sp³-hybridized carbons (Fsp3) is 1.00. The maximum atomic E-state index is 11.5. The van der Waals surface area contributed by atoms with Gasteiger partial charge in [0.2, 0.25) is 0 Å². The third-order valence-corrected chi connectivity index (χ3v) is 4.78. The fourth-order valence-electron chi connectivity index (χ4n) is 1.29. The molecular formula is C7H15NO2S. The van der Waals surface area contributed by atoms with Crippen molar-refractivity contribution >= 4 is 9.84 Å². The predicted molar refractivity (Wildman–Crippen MR) is 45.3 cm³/mol. The third kappa shape index (κ3) is 1.73. The highest BCUT2D eigenvalue weighted by Crippen LogP contribution is 2.14. The lowest BCUT2D eigenvalue weighted by Gasteiger charge is -2.12. The molecule has 0 spiro atoms. The molecule has 3 nitrogen and oxygen atoms in total. The molecule has 1 fully saturated rings. The van der Waals surface area contributed by atoms with Crippen molar-refractivity contribution in [3.63, 3.8) is 0 Å². The van der Waals surface area contributed by atoms with Crippen LogP contribution in [0.1, 0.15) is 20.3 Å². The highest BCUT2D eigenvalue weighted by molar-refractivity contribution is 7.92. The minimum Gasteiger partial charge on any atom is -0.315 e. The first-order valence-corrected chi connectivity index (χ1v) is 5.59. The second-order valence-corrected chi connectivity index (χ2v) is 6.04. The first-order valence-electron chi connectivity index (χ1n) is 3.98. The van der Waals surface area contributed by atoms with E-state index in [1.807, 2.05) is 0 Å². The molecule has 66 valence electrons. The summed E-state index contributed by atoms with van der Waals surface area (Å²) in [7, 11) is -2.84. The Hall–Kier alpha value is -0.0900. The van der Waals surface area contributed by atoms with Gasteiger partial charge in [-0.25, -0.2) is 8.42 Å². The fourth-order valence-corrected chi connectivity index (χ4v) is 2.86. The summed E-state index contributed by atoms with van der Waals surface area (Å²) in [6.45, 7) is 4.97. The van der Waals surface area contributed by atoms with Crippen LogP contribution in [-0.4, -0.2) is 32.0 Å². The van der Waals surface area contributed by atoms with E-state index in [0.29, 0.717) is 6.54 Å². The van der Waals surface area contributed by atoms with Gasteiger partial charge >= 0.3 is 0 Å². The summed E-state index contributed by atoms with van der Waals surface area (Å²) in [6, 6.07) is 0. The van der Waals surface area contributed by atoms with Gasteiger partial charge in [-0.05, 0) is 26.8 Å². The van der Waals surface area contributed by atoms with Gasteiger partial charge in [0, 0.05) is 6.54 Å². The van der Waals surface area contributed by atoms with Crippen LogP contribution in [0.5, 0.6) is 0 Å². The Kier molecular flexibility index (Phi) is 2.54. The van der Waals surface area contributed by atoms with Gasteiger partial charge in [-0.2, -0.15) is 0 Å². The van der Waals surface area contributed by atoms with Gasteiger partial charge in [-0.15, -0.1) is 0 Å². The second kappa shape index (κ2) is 3.11. The second-order valence-electron chi connectivity index (χ2n) is 3.25. The minimum absolute atomic E-state index is 0.137. The average molecular weight is 177 g/mol. The highest BCUT2D eigenvalue weighted by atomic mass is 32.2. The summed E-state index contributed by atoms with van der Waals surface area (Å²) in [5, 5.41) is 2.69. The van der Waals surface area contributed by atoms with E-state index in [1.165, 1.54) is 0 Å². The number of sulfone groups is 1. The Morgan fingerprint density at radius 1 is 1.45 bits per heavy atom. The van der Waals surface area contributed by atoms with Crippen molar-refractivity contribution in [2.75, 3.05) is 13.1 Å². The van der Waals surface area contributed by atoms with E-state index in [1.54, 1.807) is 13.8 Å². The molecule has 1 heterocycles. The monoisotopic (exact) mass is 177 g/mol. The van der Waals surface area contributed by atoms with E-state index in [4.69, 9.17) is 0 Å². The molecule has 0 aliphatic carbocycles. The summed E-state index contributed by atoms with van der Waals surface area (Å²) < 4.78 is 23.0. The van der Waals surface area contributed by atoms with Gasteiger partial charge in [0.05, 0.1) is 10.5 Å². The molecular weight excluding hydrogens is 162 g/mol. The van der Waals surface area contributed by atoms with Crippen molar-refractivity contribution in [2.45, 2.75) is 30.8 Å². The van der Waals surface area contributed by atoms with Crippen LogP contribution in [0.25, 0.3) is 0 Å². The molecule has 0 aromatic carbocycles. The molecule has 1 aliphatic heterocycles. The van der Waals surface area contributed by atoms with E-state index in [9.17, 15) is 8.42 Å². The Balaban J connectivity index is 2.72. The van der Waals surface area contributed by atoms with Crippen LogP contribution in [0, 0.1) is 0 Å². The number of rotatable bonds is 2. The van der Waals surface area contributed by atoms with Gasteiger partial charge < -0.3 is 5.32 Å². The topological polar surface area (TPSA) is 46.2 Å². The van der Waals surface area contributed by atoms with E-state index in [0.717, 1.165) is 13.0 Å². The third-order valence-electron chi connectivity index (χ3n) is 2.14. The summed E-state index contributed by atoms with van der Waals surface area (Å²) in [4.78, 5) is 0. The zero-order valence-corrected chi connectivity index (χ0v) is 7.82. The van der Waals surface area contributed by atoms with Crippen LogP contribution in [-0.2, 0) is 9.84 Å². The van der Waals surface area contributed by atoms with Crippen molar-refractivity contribution < 1.29 is 8.42 Å². The largest absolute Gasteiger partial charge is 0.315 e. The quantitative estimate of drug-likeness (QED) is 0.654. The number of nitrogens with one attached hydrogen (secondary N) is 1. The van der Waals surface area contributed by atoms with E-state index in [2.05, 4.69) is 5.32 Å². The molecule has 1 aliphatic rings. The Bertz CT molecular complexity index is 215. The highest BCUT2D eigenvalue weighted by Gasteiger charge is 2.30. The molecule has 4 heteroatoms. The van der Waals surface area contributed by atoms with E-state index in [-0.39, 0.29) is 10.5 Å². The summed E-state index contributed by atoms with van der Waals surface area (Å²) >= 11 is 0. The lowest BCUT2D eigenvalue weighted by atomic mass is 10.4. The van der Waals surface area contributed by atoms with Crippen LogP contribution in [0.2, 0.25) is 0 Å². The lowest BCUT2D eigenvalue weighted by molar-refractivity contribution is 0.574. The molecule has 1 rings (SSSR count). The van der Waals surface area contributed by atoms with Gasteiger partial charge in [0.1, 0.15) is 0 Å². The van der Waals surface area contributed by atoms with Crippen molar-refractivity contribution in [2.24, 2.45) is 0 Å². The SMILES string of the molecule is CC(C)S(=O)(=O)C1CCNC1. The van der Waals surface area contributed by atoms with Crippen molar-refractivity contribution in [1.29, 1.82) is 0 Å². The zero-order chi connectivity index (χ0) is 8.48. The molecule has 0 amide bonds. The van der Waals surface area contributed by atoms with Crippen LogP contribution < -0.4 is 5.32 Å². The molecule has 0 aromatic heterocycles. The molecule has 0 saturated carbocycles. The molecule has 1 atom stereocenters. The molecule has 0 radical (unpaired) electrons. The van der Waals surface area contributed by atoms with Crippen molar-refractivity contribution in [1.82, 2.24) is 5.32 Å². The van der Waals surface area contributed by atoms with Crippen molar-refractivity contribution in [3.05, 3.63) is 0 Å². The van der Waals surface area contributed by atoms with Crippen LogP contribution >= 0.6 is 0 Å². The molecule has 1 unspecified atom stereocenters. The first kappa shape index (κ1) is 9.00. The maximum Gasteiger partial charge on any atom is 0.156 e. The van der Waals surface area contributed by atoms with Crippen molar-refractivity contribution in [3.8, 4) is 0 Å². The van der Waals surface area contributed by atoms with Crippen LogP contribution in [0.3, 0.4) is 0 Å². The molecule has 0 bridgehead atoms. The maximum absolute atomic E-state index is 11.5. The molecule has 0 aromatic rings. The molecule has 1 N–H and O–H groups in total. The molecule has 1 saturated heterocycles. The smallest absolute Gasteiger partial charge is 0.156 e. The van der Waals surface area contributed by atoms with E-state index < -0.39 is 9.84 Å². The first-order chi connectivity index (χ1) is 5.05.